The van der Waals surface area contributed by atoms with Gasteiger partial charge in [0.15, 0.2) is 0 Å². The third-order valence-corrected chi connectivity index (χ3v) is 3.40. The number of halogens is 1. The van der Waals surface area contributed by atoms with Gasteiger partial charge in [-0.05, 0) is 24.3 Å². The molecule has 130 valence electrons. The average molecular weight is 336 g/mol. The first-order valence-corrected chi connectivity index (χ1v) is 7.49. The molecule has 1 heterocycles. The first kappa shape index (κ1) is 18.0. The lowest BCUT2D eigenvalue weighted by Gasteiger charge is -2.21. The number of nitrogens with zero attached hydrogens (tertiary/aromatic N) is 4. The molecule has 24 heavy (non-hydrogen) atoms. The summed E-state index contributed by atoms with van der Waals surface area (Å²) in [7, 11) is 5.01. The molecule has 0 aliphatic carbocycles. The van der Waals surface area contributed by atoms with Crippen molar-refractivity contribution in [2.24, 2.45) is 0 Å². The van der Waals surface area contributed by atoms with E-state index in [1.807, 2.05) is 4.90 Å². The van der Waals surface area contributed by atoms with E-state index in [9.17, 15) is 9.18 Å². The number of aromatic nitrogens is 2. The Hall–Kier alpha value is -2.32. The highest BCUT2D eigenvalue weighted by atomic mass is 19.1. The maximum atomic E-state index is 13.0. The van der Waals surface area contributed by atoms with Gasteiger partial charge in [-0.1, -0.05) is 5.16 Å². The van der Waals surface area contributed by atoms with E-state index >= 15 is 0 Å². The fourth-order valence-electron chi connectivity index (χ4n) is 1.99. The predicted octanol–water partition coefficient (Wildman–Crippen LogP) is 1.41. The maximum absolute atomic E-state index is 13.0. The molecule has 1 amide bonds. The van der Waals surface area contributed by atoms with Gasteiger partial charge in [0.2, 0.25) is 17.6 Å². The van der Waals surface area contributed by atoms with Crippen LogP contribution in [0.5, 0.6) is 0 Å². The van der Waals surface area contributed by atoms with Crippen LogP contribution in [0.4, 0.5) is 4.39 Å². The molecule has 0 atom stereocenters. The number of amides is 1. The molecule has 2 rings (SSSR count). The van der Waals surface area contributed by atoms with Crippen LogP contribution in [0.25, 0.3) is 11.4 Å². The smallest absolute Gasteiger partial charge is 0.241 e. The Morgan fingerprint density at radius 2 is 2.00 bits per heavy atom. The van der Waals surface area contributed by atoms with Gasteiger partial charge in [-0.15, -0.1) is 0 Å². The molecule has 7 nitrogen and oxygen atoms in total. The number of ether oxygens (including phenoxy) is 1. The zero-order valence-corrected chi connectivity index (χ0v) is 14.0. The van der Waals surface area contributed by atoms with Gasteiger partial charge < -0.3 is 14.2 Å². The molecule has 0 aliphatic heterocycles. The molecule has 1 aromatic heterocycles. The lowest BCUT2D eigenvalue weighted by atomic mass is 10.2. The average Bonchev–Trinajstić information content (AvgIpc) is 3.01. The van der Waals surface area contributed by atoms with Crippen molar-refractivity contribution in [1.29, 1.82) is 0 Å². The minimum Gasteiger partial charge on any atom is -0.383 e. The van der Waals surface area contributed by atoms with E-state index in [1.165, 1.54) is 17.0 Å². The highest BCUT2D eigenvalue weighted by molar-refractivity contribution is 5.77. The summed E-state index contributed by atoms with van der Waals surface area (Å²) < 4.78 is 23.3. The number of likely N-dealkylation sites (N-methyl/N-ethyl adjacent to an activating group) is 1. The van der Waals surface area contributed by atoms with Crippen molar-refractivity contribution in [2.45, 2.75) is 6.54 Å². The van der Waals surface area contributed by atoms with Crippen LogP contribution in [-0.2, 0) is 16.1 Å². The molecule has 0 aliphatic rings. The molecular formula is C16H21FN4O3. The highest BCUT2D eigenvalue weighted by Crippen LogP contribution is 2.16. The number of carbonyl (C=O) groups is 1. The number of rotatable bonds is 8. The number of benzene rings is 1. The second-order valence-corrected chi connectivity index (χ2v) is 5.51. The maximum Gasteiger partial charge on any atom is 0.241 e. The molecule has 0 saturated carbocycles. The van der Waals surface area contributed by atoms with Crippen molar-refractivity contribution >= 4 is 5.91 Å². The van der Waals surface area contributed by atoms with E-state index in [2.05, 4.69) is 10.1 Å². The first-order chi connectivity index (χ1) is 11.5. The lowest BCUT2D eigenvalue weighted by molar-refractivity contribution is -0.130. The van der Waals surface area contributed by atoms with Crippen LogP contribution in [0, 0.1) is 5.82 Å². The Bertz CT molecular complexity index is 658. The minimum atomic E-state index is -0.324. The van der Waals surface area contributed by atoms with Crippen molar-refractivity contribution in [2.75, 3.05) is 40.9 Å². The van der Waals surface area contributed by atoms with Gasteiger partial charge in [-0.3, -0.25) is 9.69 Å². The molecule has 8 heteroatoms. The first-order valence-electron chi connectivity index (χ1n) is 7.49. The molecule has 0 spiro atoms. The van der Waals surface area contributed by atoms with Crippen LogP contribution < -0.4 is 0 Å². The van der Waals surface area contributed by atoms with Crippen molar-refractivity contribution in [3.8, 4) is 11.4 Å². The van der Waals surface area contributed by atoms with Gasteiger partial charge in [0.05, 0.1) is 19.7 Å². The van der Waals surface area contributed by atoms with Crippen molar-refractivity contribution < 1.29 is 18.4 Å². The zero-order valence-electron chi connectivity index (χ0n) is 14.0. The fourth-order valence-corrected chi connectivity index (χ4v) is 1.99. The summed E-state index contributed by atoms with van der Waals surface area (Å²) in [5.74, 6) is 0.424. The summed E-state index contributed by atoms with van der Waals surface area (Å²) in [5.41, 5.74) is 0.666. The van der Waals surface area contributed by atoms with Gasteiger partial charge in [-0.25, -0.2) is 4.39 Å². The molecule has 0 saturated heterocycles. The van der Waals surface area contributed by atoms with Crippen molar-refractivity contribution in [3.05, 3.63) is 36.0 Å². The third kappa shape index (κ3) is 5.10. The summed E-state index contributed by atoms with van der Waals surface area (Å²) in [6.45, 7) is 1.60. The van der Waals surface area contributed by atoms with Crippen LogP contribution in [0.2, 0.25) is 0 Å². The zero-order chi connectivity index (χ0) is 17.5. The number of carbonyl (C=O) groups excluding carboxylic acids is 1. The summed E-state index contributed by atoms with van der Waals surface area (Å²) in [6, 6.07) is 5.85. The van der Waals surface area contributed by atoms with E-state index in [0.717, 1.165) is 0 Å². The Morgan fingerprint density at radius 1 is 1.29 bits per heavy atom. The van der Waals surface area contributed by atoms with E-state index < -0.39 is 0 Å². The number of hydrogen-bond acceptors (Lipinski definition) is 6. The van der Waals surface area contributed by atoms with Crippen LogP contribution in [-0.4, -0.2) is 66.7 Å². The van der Waals surface area contributed by atoms with Gasteiger partial charge in [-0.2, -0.15) is 4.98 Å². The van der Waals surface area contributed by atoms with E-state index in [-0.39, 0.29) is 18.3 Å². The molecular weight excluding hydrogens is 315 g/mol. The summed E-state index contributed by atoms with van der Waals surface area (Å²) in [4.78, 5) is 19.6. The molecule has 0 bridgehead atoms. The Kier molecular flexibility index (Phi) is 6.39. The fraction of sp³-hybridized carbons (Fsp3) is 0.438. The van der Waals surface area contributed by atoms with Gasteiger partial charge >= 0.3 is 0 Å². The Balaban J connectivity index is 2.05. The van der Waals surface area contributed by atoms with Gasteiger partial charge in [0, 0.05) is 33.3 Å². The summed E-state index contributed by atoms with van der Waals surface area (Å²) in [5, 5.41) is 3.90. The minimum absolute atomic E-state index is 0.0237. The normalized spacial score (nSPS) is 11.0. The molecule has 2 aromatic rings. The van der Waals surface area contributed by atoms with E-state index in [1.54, 1.807) is 33.3 Å². The van der Waals surface area contributed by atoms with Gasteiger partial charge in [0.25, 0.3) is 0 Å². The van der Waals surface area contributed by atoms with E-state index in [0.29, 0.717) is 37.0 Å². The van der Waals surface area contributed by atoms with Crippen LogP contribution in [0.3, 0.4) is 0 Å². The van der Waals surface area contributed by atoms with Crippen molar-refractivity contribution in [1.82, 2.24) is 19.9 Å². The lowest BCUT2D eigenvalue weighted by Crippen LogP contribution is -2.38. The highest BCUT2D eigenvalue weighted by Gasteiger charge is 2.17. The topological polar surface area (TPSA) is 71.7 Å². The summed E-state index contributed by atoms with van der Waals surface area (Å²) >= 11 is 0. The van der Waals surface area contributed by atoms with E-state index in [4.69, 9.17) is 9.26 Å². The monoisotopic (exact) mass is 336 g/mol. The van der Waals surface area contributed by atoms with Crippen LogP contribution in [0.1, 0.15) is 5.89 Å². The second kappa shape index (κ2) is 8.51. The summed E-state index contributed by atoms with van der Waals surface area (Å²) in [6.07, 6.45) is 0. The second-order valence-electron chi connectivity index (χ2n) is 5.51. The number of methoxy groups -OCH3 is 1. The third-order valence-electron chi connectivity index (χ3n) is 3.40. The predicted molar refractivity (Wildman–Crippen MR) is 85.5 cm³/mol. The molecule has 0 N–H and O–H groups in total. The SMILES string of the molecule is COCCN(CC(=O)N(C)C)Cc1nc(-c2ccc(F)cc2)no1. The molecule has 0 radical (unpaired) electrons. The molecule has 0 unspecified atom stereocenters. The van der Waals surface area contributed by atoms with Crippen molar-refractivity contribution in [3.63, 3.8) is 0 Å². The molecule has 1 aromatic carbocycles. The standard InChI is InChI=1S/C16H21FN4O3/c1-20(2)15(22)11-21(8-9-23-3)10-14-18-16(19-24-14)12-4-6-13(17)7-5-12/h4-7H,8-11H2,1-3H3. The Morgan fingerprint density at radius 3 is 2.62 bits per heavy atom. The van der Waals surface area contributed by atoms with Crippen LogP contribution in [0.15, 0.2) is 28.8 Å². The van der Waals surface area contributed by atoms with Crippen LogP contribution >= 0.6 is 0 Å². The Labute approximate surface area is 140 Å². The number of hydrogen-bond donors (Lipinski definition) is 0. The molecule has 0 fully saturated rings. The largest absolute Gasteiger partial charge is 0.383 e. The quantitative estimate of drug-likeness (QED) is 0.726. The van der Waals surface area contributed by atoms with Gasteiger partial charge in [0.1, 0.15) is 5.82 Å².